The van der Waals surface area contributed by atoms with Crippen LogP contribution in [0.2, 0.25) is 0 Å². The summed E-state index contributed by atoms with van der Waals surface area (Å²) in [6.07, 6.45) is 0.122. The number of fused-ring (bicyclic) bond motifs is 5. The van der Waals surface area contributed by atoms with Gasteiger partial charge in [-0.3, -0.25) is 43.3 Å². The van der Waals surface area contributed by atoms with Crippen molar-refractivity contribution in [2.24, 2.45) is 11.7 Å². The number of para-hydroxylation sites is 1. The fourth-order valence-corrected chi connectivity index (χ4v) is 9.97. The molecule has 6 amide bonds. The molecular formula is C53H73N11O13. The molecule has 4 atom stereocenters. The molecule has 7 N–H and O–H groups in total. The minimum atomic E-state index is -2.05. The Balaban J connectivity index is 1.03. The number of amides is 6. The molecule has 0 unspecified atom stereocenters. The van der Waals surface area contributed by atoms with Gasteiger partial charge in [0.2, 0.25) is 41.0 Å². The molecule has 24 nitrogen and oxygen atoms in total. The van der Waals surface area contributed by atoms with Crippen molar-refractivity contribution in [2.45, 2.75) is 110 Å². The first-order valence-electron chi connectivity index (χ1n) is 26.2. The lowest BCUT2D eigenvalue weighted by atomic mass is 9.85. The molecule has 1 saturated heterocycles. The van der Waals surface area contributed by atoms with Gasteiger partial charge in [-0.1, -0.05) is 45.9 Å². The van der Waals surface area contributed by atoms with E-state index in [9.17, 15) is 47.9 Å². The Labute approximate surface area is 446 Å². The van der Waals surface area contributed by atoms with Crippen molar-refractivity contribution in [3.05, 3.63) is 62.9 Å². The zero-order valence-electron chi connectivity index (χ0n) is 45.0. The van der Waals surface area contributed by atoms with E-state index in [1.54, 1.807) is 43.4 Å². The third kappa shape index (κ3) is 14.2. The van der Waals surface area contributed by atoms with Crippen molar-refractivity contribution in [1.29, 1.82) is 0 Å². The first kappa shape index (κ1) is 58.9. The van der Waals surface area contributed by atoms with E-state index in [0.717, 1.165) is 22.0 Å². The quantitative estimate of drug-likeness (QED) is 0.0413. The number of ether oxygens (including phenoxy) is 2. The maximum atomic E-state index is 14.4. The van der Waals surface area contributed by atoms with E-state index in [-0.39, 0.29) is 69.6 Å². The van der Waals surface area contributed by atoms with E-state index in [0.29, 0.717) is 63.5 Å². The number of esters is 2. The van der Waals surface area contributed by atoms with Crippen LogP contribution in [0.15, 0.2) is 35.1 Å². The number of benzene rings is 1. The number of nitrogens with two attached hydrogens (primary N) is 1. The topological polar surface area (TPSA) is 314 Å². The van der Waals surface area contributed by atoms with E-state index in [2.05, 4.69) is 26.2 Å². The van der Waals surface area contributed by atoms with Crippen molar-refractivity contribution in [3.63, 3.8) is 0 Å². The molecule has 1 fully saturated rings. The highest BCUT2D eigenvalue weighted by Gasteiger charge is 2.52. The van der Waals surface area contributed by atoms with Gasteiger partial charge in [-0.15, -0.1) is 0 Å². The number of nitrogens with zero attached hydrogens (tertiary/aromatic N) is 6. The third-order valence-corrected chi connectivity index (χ3v) is 14.4. The molecule has 0 spiro atoms. The Bertz CT molecular complexity index is 2820. The molecule has 418 valence electrons. The number of rotatable bonds is 27. The molecule has 0 saturated carbocycles. The van der Waals surface area contributed by atoms with Crippen molar-refractivity contribution >= 4 is 64.3 Å². The molecule has 2 aromatic heterocycles. The van der Waals surface area contributed by atoms with Crippen LogP contribution >= 0.6 is 0 Å². The lowest BCUT2D eigenvalue weighted by molar-refractivity contribution is -0.191. The molecule has 77 heavy (non-hydrogen) atoms. The van der Waals surface area contributed by atoms with Crippen molar-refractivity contribution in [3.8, 4) is 11.4 Å². The SMILES string of the molecule is CCc1c2c(nc3ccccc13)-c1cc3c(c(=O)n1C2)COC(=O)[C@@]3(CC)OC(=O)[C@@H](NC(=O)[C@@H]1CCCN1C(=O)[C@H](CC(N)=O)NC(=O)CN(C)CCN(C)CCN(C)CCNC(=O)CNC(=O)CCC(=O)O)C(C)C. The lowest BCUT2D eigenvalue weighted by Crippen LogP contribution is -2.58. The number of carboxylic acids is 1. The van der Waals surface area contributed by atoms with E-state index < -0.39 is 95.0 Å². The molecule has 24 heteroatoms. The lowest BCUT2D eigenvalue weighted by Gasteiger charge is -2.37. The number of aliphatic carboxylic acids is 1. The molecule has 3 aromatic rings. The number of carboxylic acid groups (broad SMARTS) is 1. The summed E-state index contributed by atoms with van der Waals surface area (Å²) in [4.78, 5) is 143. The predicted octanol–water partition coefficient (Wildman–Crippen LogP) is -0.423. The number of likely N-dealkylation sites (N-methyl/N-ethyl adjacent to an activating group) is 3. The number of carbonyl (C=O) groups is 9. The largest absolute Gasteiger partial charge is 0.481 e. The smallest absolute Gasteiger partial charge is 0.355 e. The van der Waals surface area contributed by atoms with Crippen LogP contribution in [0.4, 0.5) is 0 Å². The van der Waals surface area contributed by atoms with Crippen molar-refractivity contribution in [2.75, 3.05) is 80.0 Å². The molecule has 0 radical (unpaired) electrons. The number of aryl methyl sites for hydroxylation is 1. The molecule has 3 aliphatic rings. The zero-order valence-corrected chi connectivity index (χ0v) is 45.0. The van der Waals surface area contributed by atoms with E-state index >= 15 is 0 Å². The summed E-state index contributed by atoms with van der Waals surface area (Å²) in [5, 5.41) is 20.1. The van der Waals surface area contributed by atoms with Gasteiger partial charge in [-0.2, -0.15) is 0 Å². The number of carbonyl (C=O) groups excluding carboxylic acids is 8. The summed E-state index contributed by atoms with van der Waals surface area (Å²) < 4.78 is 13.4. The van der Waals surface area contributed by atoms with E-state index in [1.165, 1.54) is 4.90 Å². The number of nitrogens with one attached hydrogen (secondary N) is 4. The Morgan fingerprint density at radius 2 is 1.58 bits per heavy atom. The van der Waals surface area contributed by atoms with Crippen LogP contribution in [0, 0.1) is 5.92 Å². The van der Waals surface area contributed by atoms with E-state index in [4.69, 9.17) is 25.3 Å². The Hall–Kier alpha value is -7.31. The van der Waals surface area contributed by atoms with Gasteiger partial charge in [-0.05, 0) is 70.4 Å². The highest BCUT2D eigenvalue weighted by Crippen LogP contribution is 2.42. The number of aromatic nitrogens is 2. The zero-order chi connectivity index (χ0) is 56.3. The van der Waals surface area contributed by atoms with Gasteiger partial charge in [0.25, 0.3) is 5.56 Å². The minimum Gasteiger partial charge on any atom is -0.481 e. The molecule has 3 aliphatic heterocycles. The van der Waals surface area contributed by atoms with Gasteiger partial charge >= 0.3 is 17.9 Å². The Morgan fingerprint density at radius 1 is 0.896 bits per heavy atom. The maximum Gasteiger partial charge on any atom is 0.355 e. The summed E-state index contributed by atoms with van der Waals surface area (Å²) in [5.41, 5.74) is 7.23. The monoisotopic (exact) mass is 1070 g/mol. The Kier molecular flexibility index (Phi) is 20.0. The van der Waals surface area contributed by atoms with Crippen LogP contribution in [0.1, 0.15) is 88.5 Å². The van der Waals surface area contributed by atoms with Crippen molar-refractivity contribution < 1.29 is 57.7 Å². The predicted molar refractivity (Wildman–Crippen MR) is 280 cm³/mol. The maximum absolute atomic E-state index is 14.4. The van der Waals surface area contributed by atoms with Crippen LogP contribution in [0.5, 0.6) is 0 Å². The molecule has 0 aliphatic carbocycles. The average molecular weight is 1070 g/mol. The van der Waals surface area contributed by atoms with Gasteiger partial charge in [0.05, 0.1) is 54.9 Å². The summed E-state index contributed by atoms with van der Waals surface area (Å²) >= 11 is 0. The summed E-state index contributed by atoms with van der Waals surface area (Å²) in [6.45, 7) is 9.89. The minimum absolute atomic E-state index is 0.105. The average Bonchev–Trinajstić information content (AvgIpc) is 4.03. The normalized spacial score (nSPS) is 17.4. The molecule has 6 rings (SSSR count). The second kappa shape index (κ2) is 26.2. The summed E-state index contributed by atoms with van der Waals surface area (Å²) in [7, 11) is 5.52. The fraction of sp³-hybridized carbons (Fsp3) is 0.566. The number of pyridine rings is 2. The number of hydrogen-bond acceptors (Lipinski definition) is 16. The number of cyclic esters (lactones) is 1. The highest BCUT2D eigenvalue weighted by molar-refractivity contribution is 5.97. The third-order valence-electron chi connectivity index (χ3n) is 14.4. The summed E-state index contributed by atoms with van der Waals surface area (Å²) in [5.74, 6) is -7.24. The number of likely N-dealkylation sites (tertiary alicyclic amines) is 1. The standard InChI is InChI=1S/C53H73N11O13/c1-8-32-33-13-10-11-14-37(33)58-47-34(32)28-64-40(47)25-36-35(49(64)72)30-76-52(75)53(36,9-2)77-51(74)46(31(3)4)59-48(71)39-15-12-19-63(39)50(73)38(26-41(54)65)57-44(68)29-62(7)24-23-61(6)22-21-60(5)20-18-55-43(67)27-56-42(66)16-17-45(69)70/h10-11,13-14,25,31,38-39,46H,8-9,12,15-24,26-30H2,1-7H3,(H2,54,65)(H,55,67)(H,56,66)(H,57,68)(H,59,71)(H,69,70)/t38-,39-,46-,53-/m0/s1. The van der Waals surface area contributed by atoms with Crippen LogP contribution in [0.25, 0.3) is 22.3 Å². The van der Waals surface area contributed by atoms with Crippen molar-refractivity contribution in [1.82, 2.24) is 50.4 Å². The highest BCUT2D eigenvalue weighted by atomic mass is 16.6. The first-order chi connectivity index (χ1) is 36.6. The molecule has 0 bridgehead atoms. The molecular weight excluding hydrogens is 999 g/mol. The van der Waals surface area contributed by atoms with Crippen LogP contribution in [0.3, 0.4) is 0 Å². The molecule has 5 heterocycles. The van der Waals surface area contributed by atoms with Gasteiger partial charge < -0.3 is 60.8 Å². The van der Waals surface area contributed by atoms with Gasteiger partial charge in [0.1, 0.15) is 24.7 Å². The van der Waals surface area contributed by atoms with Crippen LogP contribution in [-0.2, 0) is 77.8 Å². The molecule has 1 aromatic carbocycles. The van der Waals surface area contributed by atoms with Gasteiger partial charge in [-0.25, -0.2) is 14.6 Å². The van der Waals surface area contributed by atoms with Crippen LogP contribution in [-0.4, -0.2) is 186 Å². The van der Waals surface area contributed by atoms with Crippen LogP contribution < -0.4 is 32.6 Å². The second-order valence-electron chi connectivity index (χ2n) is 20.4. The number of primary amides is 1. The summed E-state index contributed by atoms with van der Waals surface area (Å²) in [6, 6.07) is 5.59. The Morgan fingerprint density at radius 3 is 2.25 bits per heavy atom. The number of hydrogen-bond donors (Lipinski definition) is 6. The second-order valence-corrected chi connectivity index (χ2v) is 20.4. The van der Waals surface area contributed by atoms with Gasteiger partial charge in [0.15, 0.2) is 0 Å². The fourth-order valence-electron chi connectivity index (χ4n) is 9.97. The first-order valence-corrected chi connectivity index (χ1v) is 26.2. The van der Waals surface area contributed by atoms with E-state index in [1.807, 2.05) is 50.2 Å². The van der Waals surface area contributed by atoms with Gasteiger partial charge in [0, 0.05) is 68.7 Å².